The van der Waals surface area contributed by atoms with Gasteiger partial charge in [0.25, 0.3) is 5.56 Å². The molecule has 0 fully saturated rings. The van der Waals surface area contributed by atoms with Gasteiger partial charge in [0.2, 0.25) is 0 Å². The first-order valence-electron chi connectivity index (χ1n) is 12.1. The number of esters is 1. The molecular weight excluding hydrogens is 572 g/mol. The topological polar surface area (TPSA) is 88.4 Å². The summed E-state index contributed by atoms with van der Waals surface area (Å²) in [5, 5.41) is 0. The van der Waals surface area contributed by atoms with E-state index in [0.717, 1.165) is 16.5 Å². The summed E-state index contributed by atoms with van der Waals surface area (Å²) in [7, 11) is 4.70. The van der Waals surface area contributed by atoms with Gasteiger partial charge in [-0.3, -0.25) is 9.36 Å². The van der Waals surface area contributed by atoms with Gasteiger partial charge in [-0.1, -0.05) is 46.7 Å². The second-order valence-electron chi connectivity index (χ2n) is 8.41. The fourth-order valence-corrected chi connectivity index (χ4v) is 5.83. The zero-order chi connectivity index (χ0) is 27.4. The lowest BCUT2D eigenvalue weighted by Crippen LogP contribution is -2.40. The van der Waals surface area contributed by atoms with E-state index in [1.807, 2.05) is 25.1 Å². The fraction of sp³-hybridized carbons (Fsp3) is 0.321. The van der Waals surface area contributed by atoms with E-state index in [0.29, 0.717) is 49.8 Å². The molecule has 2 heterocycles. The zero-order valence-corrected chi connectivity index (χ0v) is 24.3. The van der Waals surface area contributed by atoms with Crippen LogP contribution in [0.25, 0.3) is 6.08 Å². The Morgan fingerprint density at radius 1 is 1.05 bits per heavy atom. The Labute approximate surface area is 233 Å². The quantitative estimate of drug-likeness (QED) is 0.339. The summed E-state index contributed by atoms with van der Waals surface area (Å²) in [5.74, 6) is 1.20. The molecule has 0 saturated carbocycles. The minimum absolute atomic E-state index is 0.202. The maximum absolute atomic E-state index is 14.0. The van der Waals surface area contributed by atoms with Gasteiger partial charge in [-0.05, 0) is 55.3 Å². The van der Waals surface area contributed by atoms with Crippen LogP contribution in [0.15, 0.2) is 61.9 Å². The van der Waals surface area contributed by atoms with Gasteiger partial charge in [-0.15, -0.1) is 0 Å². The molecule has 0 spiro atoms. The predicted octanol–water partition coefficient (Wildman–Crippen LogP) is 4.37. The normalized spacial score (nSPS) is 15.1. The summed E-state index contributed by atoms with van der Waals surface area (Å²) in [6.45, 7) is 3.98. The summed E-state index contributed by atoms with van der Waals surface area (Å²) in [6, 6.07) is 10.2. The highest BCUT2D eigenvalue weighted by Crippen LogP contribution is 2.38. The minimum Gasteiger partial charge on any atom is -0.496 e. The molecular formula is C28H29BrN2O6S. The number of carbonyl (C=O) groups is 1. The molecule has 0 aliphatic carbocycles. The molecule has 200 valence electrons. The van der Waals surface area contributed by atoms with E-state index in [4.69, 9.17) is 23.9 Å². The Kier molecular flexibility index (Phi) is 8.73. The van der Waals surface area contributed by atoms with Gasteiger partial charge in [-0.2, -0.15) is 0 Å². The molecule has 0 radical (unpaired) electrons. The number of benzene rings is 2. The molecule has 0 amide bonds. The molecule has 8 nitrogen and oxygen atoms in total. The molecule has 0 saturated heterocycles. The molecule has 0 unspecified atom stereocenters. The maximum atomic E-state index is 14.0. The second kappa shape index (κ2) is 12.0. The SMILES string of the molecule is CCCC1=C(C(=O)OCC)[C@H](c2cc(Br)ccc2OC)n2c(s/c(=C/c3ccc(OC)c(OC)c3)c2=O)=N1. The number of thiazole rings is 1. The Morgan fingerprint density at radius 3 is 2.42 bits per heavy atom. The largest absolute Gasteiger partial charge is 0.496 e. The number of ether oxygens (including phenoxy) is 4. The Balaban J connectivity index is 2.02. The number of fused-ring (bicyclic) bond motifs is 1. The lowest BCUT2D eigenvalue weighted by atomic mass is 9.93. The van der Waals surface area contributed by atoms with Gasteiger partial charge >= 0.3 is 5.97 Å². The van der Waals surface area contributed by atoms with Crippen molar-refractivity contribution in [3.05, 3.63) is 83.0 Å². The van der Waals surface area contributed by atoms with Crippen LogP contribution >= 0.6 is 27.3 Å². The molecule has 38 heavy (non-hydrogen) atoms. The van der Waals surface area contributed by atoms with Crippen molar-refractivity contribution >= 4 is 39.3 Å². The number of carbonyl (C=O) groups excluding carboxylic acids is 1. The number of rotatable bonds is 9. The van der Waals surface area contributed by atoms with Gasteiger partial charge in [0, 0.05) is 10.0 Å². The van der Waals surface area contributed by atoms with E-state index >= 15 is 0 Å². The fourth-order valence-electron chi connectivity index (χ4n) is 4.43. The summed E-state index contributed by atoms with van der Waals surface area (Å²) in [6.07, 6.45) is 3.11. The Bertz CT molecular complexity index is 1570. The minimum atomic E-state index is -0.771. The molecule has 4 rings (SSSR count). The van der Waals surface area contributed by atoms with E-state index in [1.165, 1.54) is 11.3 Å². The zero-order valence-electron chi connectivity index (χ0n) is 21.9. The number of hydrogen-bond donors (Lipinski definition) is 0. The number of hydrogen-bond acceptors (Lipinski definition) is 8. The van der Waals surface area contributed by atoms with Crippen LogP contribution in [-0.4, -0.2) is 38.5 Å². The summed E-state index contributed by atoms with van der Waals surface area (Å²) >= 11 is 4.80. The van der Waals surface area contributed by atoms with Crippen molar-refractivity contribution in [2.75, 3.05) is 27.9 Å². The first kappa shape index (κ1) is 27.7. The number of halogens is 1. The smallest absolute Gasteiger partial charge is 0.338 e. The van der Waals surface area contributed by atoms with Crippen LogP contribution in [0.3, 0.4) is 0 Å². The number of allylic oxidation sites excluding steroid dienone is 1. The lowest BCUT2D eigenvalue weighted by molar-refractivity contribution is -0.139. The number of methoxy groups -OCH3 is 3. The van der Waals surface area contributed by atoms with Crippen LogP contribution in [0.5, 0.6) is 17.2 Å². The molecule has 1 aromatic heterocycles. The highest BCUT2D eigenvalue weighted by Gasteiger charge is 2.36. The molecule has 2 aromatic carbocycles. The van der Waals surface area contributed by atoms with Gasteiger partial charge < -0.3 is 18.9 Å². The van der Waals surface area contributed by atoms with Crippen LogP contribution in [0, 0.1) is 0 Å². The van der Waals surface area contributed by atoms with Crippen molar-refractivity contribution in [2.24, 2.45) is 4.99 Å². The van der Waals surface area contributed by atoms with Crippen molar-refractivity contribution in [3.63, 3.8) is 0 Å². The molecule has 0 N–H and O–H groups in total. The summed E-state index contributed by atoms with van der Waals surface area (Å²) in [4.78, 5) is 32.6. The monoisotopic (exact) mass is 600 g/mol. The van der Waals surface area contributed by atoms with Crippen molar-refractivity contribution in [1.82, 2.24) is 4.57 Å². The van der Waals surface area contributed by atoms with E-state index in [2.05, 4.69) is 15.9 Å². The van der Waals surface area contributed by atoms with Gasteiger partial charge in [0.1, 0.15) is 11.8 Å². The Hall–Kier alpha value is -3.37. The highest BCUT2D eigenvalue weighted by molar-refractivity contribution is 9.10. The van der Waals surface area contributed by atoms with Crippen LogP contribution < -0.4 is 29.1 Å². The van der Waals surface area contributed by atoms with Gasteiger partial charge in [0.15, 0.2) is 16.3 Å². The molecule has 0 bridgehead atoms. The molecule has 1 aliphatic heterocycles. The average Bonchev–Trinajstić information content (AvgIpc) is 3.22. The van der Waals surface area contributed by atoms with Crippen molar-refractivity contribution in [2.45, 2.75) is 32.7 Å². The van der Waals surface area contributed by atoms with Gasteiger partial charge in [-0.25, -0.2) is 9.79 Å². The van der Waals surface area contributed by atoms with E-state index in [1.54, 1.807) is 57.1 Å². The van der Waals surface area contributed by atoms with Crippen LogP contribution in [-0.2, 0) is 9.53 Å². The van der Waals surface area contributed by atoms with Crippen LogP contribution in [0.4, 0.5) is 0 Å². The first-order valence-corrected chi connectivity index (χ1v) is 13.7. The molecule has 10 heteroatoms. The standard InChI is InChI=1S/C28H29BrN2O6S/c1-6-8-19-24(27(33)37-7-2)25(18-15-17(29)10-12-20(18)34-3)31-26(32)23(38-28(31)30-19)14-16-9-11-21(35-4)22(13-16)36-5/h9-15,25H,6-8H2,1-5H3/b23-14+/t25-/m0/s1. The third kappa shape index (κ3) is 5.28. The summed E-state index contributed by atoms with van der Waals surface area (Å²) < 4.78 is 24.7. The van der Waals surface area contributed by atoms with Gasteiger partial charge in [0.05, 0.1) is 43.7 Å². The van der Waals surface area contributed by atoms with Crippen molar-refractivity contribution in [3.8, 4) is 17.2 Å². The predicted molar refractivity (Wildman–Crippen MR) is 150 cm³/mol. The first-order chi connectivity index (χ1) is 18.4. The van der Waals surface area contributed by atoms with Crippen LogP contribution in [0.2, 0.25) is 0 Å². The lowest BCUT2D eigenvalue weighted by Gasteiger charge is -2.27. The van der Waals surface area contributed by atoms with E-state index in [9.17, 15) is 9.59 Å². The third-order valence-electron chi connectivity index (χ3n) is 6.08. The van der Waals surface area contributed by atoms with Crippen LogP contribution in [0.1, 0.15) is 43.9 Å². The molecule has 1 aliphatic rings. The van der Waals surface area contributed by atoms with Crippen molar-refractivity contribution < 1.29 is 23.7 Å². The Morgan fingerprint density at radius 2 is 1.76 bits per heavy atom. The maximum Gasteiger partial charge on any atom is 0.338 e. The van der Waals surface area contributed by atoms with E-state index < -0.39 is 12.0 Å². The van der Waals surface area contributed by atoms with Crippen molar-refractivity contribution in [1.29, 1.82) is 0 Å². The third-order valence-corrected chi connectivity index (χ3v) is 7.56. The number of aromatic nitrogens is 1. The summed E-state index contributed by atoms with van der Waals surface area (Å²) in [5.41, 5.74) is 2.11. The number of nitrogens with zero attached hydrogens (tertiary/aromatic N) is 2. The highest BCUT2D eigenvalue weighted by atomic mass is 79.9. The molecule has 3 aromatic rings. The van der Waals surface area contributed by atoms with E-state index in [-0.39, 0.29) is 12.2 Å². The molecule has 1 atom stereocenters. The second-order valence-corrected chi connectivity index (χ2v) is 10.3. The average molecular weight is 602 g/mol.